The Hall–Kier alpha value is -0.940. The lowest BCUT2D eigenvalue weighted by molar-refractivity contribution is 0.142. The van der Waals surface area contributed by atoms with E-state index in [2.05, 4.69) is 45.9 Å². The van der Waals surface area contributed by atoms with Crippen molar-refractivity contribution in [1.29, 1.82) is 0 Å². The van der Waals surface area contributed by atoms with Gasteiger partial charge in [0, 0.05) is 51.2 Å². The van der Waals surface area contributed by atoms with Crippen LogP contribution in [0.25, 0.3) is 0 Å². The van der Waals surface area contributed by atoms with E-state index >= 15 is 0 Å². The van der Waals surface area contributed by atoms with Crippen LogP contribution in [-0.4, -0.2) is 54.9 Å². The summed E-state index contributed by atoms with van der Waals surface area (Å²) in [7, 11) is 0. The summed E-state index contributed by atoms with van der Waals surface area (Å²) in [5.74, 6) is 2.05. The number of benzene rings is 1. The Morgan fingerprint density at radius 2 is 2.00 bits per heavy atom. The topological polar surface area (TPSA) is 47.5 Å². The predicted octanol–water partition coefficient (Wildman–Crippen LogP) is 1.07. The number of likely N-dealkylation sites (tertiary alicyclic amines) is 1. The highest BCUT2D eigenvalue weighted by Crippen LogP contribution is 2.38. The van der Waals surface area contributed by atoms with E-state index in [1.54, 1.807) is 0 Å². The molecule has 3 N–H and O–H groups in total. The average molecular weight is 315 g/mol. The van der Waals surface area contributed by atoms with Crippen LogP contribution < -0.4 is 10.6 Å². The van der Waals surface area contributed by atoms with E-state index in [1.807, 2.05) is 0 Å². The molecule has 1 aromatic carbocycles. The van der Waals surface area contributed by atoms with Gasteiger partial charge in [-0.2, -0.15) is 0 Å². The van der Waals surface area contributed by atoms with Crippen molar-refractivity contribution in [2.45, 2.75) is 31.5 Å². The van der Waals surface area contributed by atoms with Crippen LogP contribution in [0.5, 0.6) is 0 Å². The molecule has 2 heterocycles. The number of nitrogens with one attached hydrogen (secondary N) is 2. The summed E-state index contributed by atoms with van der Waals surface area (Å²) >= 11 is 0. The number of fused-ring (bicyclic) bond motifs is 1. The number of aliphatic hydroxyl groups is 1. The smallest absolute Gasteiger partial charge is 0.0716 e. The molecule has 2 aliphatic heterocycles. The van der Waals surface area contributed by atoms with Crippen molar-refractivity contribution in [3.8, 4) is 0 Å². The zero-order valence-electron chi connectivity index (χ0n) is 13.8. The van der Waals surface area contributed by atoms with Crippen molar-refractivity contribution in [2.24, 2.45) is 17.8 Å². The number of β-amino-alcohol motifs (C(OH)–C–C–N with tert-alkyl or cyclic N) is 1. The molecule has 2 saturated heterocycles. The molecule has 0 aromatic heterocycles. The molecular weight excluding hydrogens is 286 g/mol. The molecule has 23 heavy (non-hydrogen) atoms. The molecule has 3 aliphatic rings. The first-order valence-electron chi connectivity index (χ1n) is 9.18. The number of rotatable bonds is 5. The molecule has 1 aromatic rings. The largest absolute Gasteiger partial charge is 0.391 e. The molecule has 126 valence electrons. The molecule has 5 unspecified atom stereocenters. The second-order valence-corrected chi connectivity index (χ2v) is 7.68. The van der Waals surface area contributed by atoms with Crippen LogP contribution in [0.4, 0.5) is 0 Å². The lowest BCUT2D eigenvalue weighted by Crippen LogP contribution is -2.40. The molecule has 0 bridgehead atoms. The van der Waals surface area contributed by atoms with Gasteiger partial charge in [0.05, 0.1) is 6.10 Å². The fourth-order valence-corrected chi connectivity index (χ4v) is 4.81. The van der Waals surface area contributed by atoms with Crippen molar-refractivity contribution in [1.82, 2.24) is 15.5 Å². The minimum atomic E-state index is -0.169. The van der Waals surface area contributed by atoms with E-state index in [-0.39, 0.29) is 6.10 Å². The van der Waals surface area contributed by atoms with E-state index in [0.717, 1.165) is 38.0 Å². The van der Waals surface area contributed by atoms with E-state index in [9.17, 15) is 5.11 Å². The first kappa shape index (κ1) is 15.6. The third kappa shape index (κ3) is 3.45. The molecule has 0 radical (unpaired) electrons. The lowest BCUT2D eigenvalue weighted by atomic mass is 9.97. The van der Waals surface area contributed by atoms with Gasteiger partial charge >= 0.3 is 0 Å². The summed E-state index contributed by atoms with van der Waals surface area (Å²) in [5, 5.41) is 17.0. The summed E-state index contributed by atoms with van der Waals surface area (Å²) < 4.78 is 0. The highest BCUT2D eigenvalue weighted by molar-refractivity contribution is 5.15. The van der Waals surface area contributed by atoms with Gasteiger partial charge in [-0.3, -0.25) is 4.90 Å². The van der Waals surface area contributed by atoms with Gasteiger partial charge in [-0.15, -0.1) is 0 Å². The van der Waals surface area contributed by atoms with Gasteiger partial charge in [0.15, 0.2) is 0 Å². The van der Waals surface area contributed by atoms with Gasteiger partial charge in [-0.25, -0.2) is 0 Å². The Balaban J connectivity index is 1.29. The molecule has 0 spiro atoms. The lowest BCUT2D eigenvalue weighted by Gasteiger charge is -2.24. The van der Waals surface area contributed by atoms with Crippen LogP contribution in [0.2, 0.25) is 0 Å². The van der Waals surface area contributed by atoms with Crippen LogP contribution in [0.15, 0.2) is 30.3 Å². The molecule has 4 heteroatoms. The minimum Gasteiger partial charge on any atom is -0.391 e. The van der Waals surface area contributed by atoms with E-state index < -0.39 is 0 Å². The highest BCUT2D eigenvalue weighted by atomic mass is 16.3. The Labute approximate surface area is 139 Å². The van der Waals surface area contributed by atoms with Crippen LogP contribution >= 0.6 is 0 Å². The van der Waals surface area contributed by atoms with Gasteiger partial charge in [0.25, 0.3) is 0 Å². The van der Waals surface area contributed by atoms with Crippen molar-refractivity contribution in [2.75, 3.05) is 32.7 Å². The van der Waals surface area contributed by atoms with Crippen molar-refractivity contribution >= 4 is 0 Å². The summed E-state index contributed by atoms with van der Waals surface area (Å²) in [4.78, 5) is 2.63. The molecule has 4 nitrogen and oxygen atoms in total. The van der Waals surface area contributed by atoms with Gasteiger partial charge < -0.3 is 15.7 Å². The predicted molar refractivity (Wildman–Crippen MR) is 92.1 cm³/mol. The standard InChI is InChI=1S/C19H29N3O/c23-19-10-20-8-16(19)9-21-18-7-6-15-12-22(13-17(15)18)11-14-4-2-1-3-5-14/h1-5,15-21,23H,6-13H2. The fraction of sp³-hybridized carbons (Fsp3) is 0.684. The van der Waals surface area contributed by atoms with Crippen molar-refractivity contribution in [3.05, 3.63) is 35.9 Å². The number of hydrogen-bond donors (Lipinski definition) is 3. The van der Waals surface area contributed by atoms with Gasteiger partial charge in [-0.05, 0) is 30.2 Å². The Bertz CT molecular complexity index is 509. The molecule has 4 rings (SSSR count). The number of aliphatic hydroxyl groups excluding tert-OH is 1. The maximum absolute atomic E-state index is 9.95. The zero-order valence-corrected chi connectivity index (χ0v) is 13.8. The highest BCUT2D eigenvalue weighted by Gasteiger charge is 2.42. The van der Waals surface area contributed by atoms with Crippen molar-refractivity contribution in [3.63, 3.8) is 0 Å². The van der Waals surface area contributed by atoms with E-state index in [0.29, 0.717) is 12.0 Å². The molecule has 1 aliphatic carbocycles. The second kappa shape index (κ2) is 6.89. The van der Waals surface area contributed by atoms with Crippen molar-refractivity contribution < 1.29 is 5.11 Å². The maximum Gasteiger partial charge on any atom is 0.0716 e. The first-order valence-corrected chi connectivity index (χ1v) is 9.18. The SMILES string of the molecule is OC1CNCC1CNC1CCC2CN(Cc3ccccc3)CC21. The van der Waals surface area contributed by atoms with Crippen LogP contribution in [0.1, 0.15) is 18.4 Å². The third-order valence-electron chi connectivity index (χ3n) is 6.13. The number of nitrogens with zero attached hydrogens (tertiary/aromatic N) is 1. The van der Waals surface area contributed by atoms with Crippen LogP contribution in [-0.2, 0) is 6.54 Å². The average Bonchev–Trinajstić information content (AvgIpc) is 3.23. The molecular formula is C19H29N3O. The first-order chi connectivity index (χ1) is 11.3. The molecule has 5 atom stereocenters. The fourth-order valence-electron chi connectivity index (χ4n) is 4.81. The summed E-state index contributed by atoms with van der Waals surface area (Å²) in [6.45, 7) is 6.24. The summed E-state index contributed by atoms with van der Waals surface area (Å²) in [6, 6.07) is 11.5. The van der Waals surface area contributed by atoms with E-state index in [1.165, 1.54) is 31.5 Å². The normalized spacial score (nSPS) is 37.3. The third-order valence-corrected chi connectivity index (χ3v) is 6.13. The quantitative estimate of drug-likeness (QED) is 0.761. The summed E-state index contributed by atoms with van der Waals surface area (Å²) in [5.41, 5.74) is 1.43. The van der Waals surface area contributed by atoms with Gasteiger partial charge in [-0.1, -0.05) is 30.3 Å². The maximum atomic E-state index is 9.95. The minimum absolute atomic E-state index is 0.169. The molecule has 0 amide bonds. The van der Waals surface area contributed by atoms with Crippen LogP contribution in [0.3, 0.4) is 0 Å². The molecule has 1 saturated carbocycles. The van der Waals surface area contributed by atoms with Gasteiger partial charge in [0.2, 0.25) is 0 Å². The Kier molecular flexibility index (Phi) is 4.67. The number of hydrogen-bond acceptors (Lipinski definition) is 4. The second-order valence-electron chi connectivity index (χ2n) is 7.68. The monoisotopic (exact) mass is 315 g/mol. The van der Waals surface area contributed by atoms with Gasteiger partial charge in [0.1, 0.15) is 0 Å². The Morgan fingerprint density at radius 3 is 2.78 bits per heavy atom. The van der Waals surface area contributed by atoms with Crippen LogP contribution in [0, 0.1) is 17.8 Å². The summed E-state index contributed by atoms with van der Waals surface area (Å²) in [6.07, 6.45) is 2.50. The molecule has 3 fully saturated rings. The zero-order chi connectivity index (χ0) is 15.6. The Morgan fingerprint density at radius 1 is 1.13 bits per heavy atom. The van der Waals surface area contributed by atoms with E-state index in [4.69, 9.17) is 0 Å².